The first-order valence-electron chi connectivity index (χ1n) is 7.49. The molecule has 0 radical (unpaired) electrons. The molecule has 1 saturated heterocycles. The number of aryl methyl sites for hydroxylation is 1. The van der Waals surface area contributed by atoms with E-state index in [0.29, 0.717) is 4.91 Å². The van der Waals surface area contributed by atoms with Crippen molar-refractivity contribution in [2.45, 2.75) is 26.8 Å². The Kier molecular flexibility index (Phi) is 4.13. The van der Waals surface area contributed by atoms with Crippen molar-refractivity contribution in [2.24, 2.45) is 0 Å². The number of aromatic nitrogens is 1. The van der Waals surface area contributed by atoms with Gasteiger partial charge in [-0.05, 0) is 62.4 Å². The second kappa shape index (κ2) is 6.08. The molecule has 1 aromatic heterocycles. The Morgan fingerprint density at radius 2 is 1.83 bits per heavy atom. The van der Waals surface area contributed by atoms with Crippen LogP contribution in [-0.4, -0.2) is 26.7 Å². The van der Waals surface area contributed by atoms with Crippen molar-refractivity contribution in [3.63, 3.8) is 0 Å². The predicted octanol–water partition coefficient (Wildman–Crippen LogP) is 4.23. The molecule has 2 heterocycles. The predicted molar refractivity (Wildman–Crippen MR) is 93.5 cm³/mol. The van der Waals surface area contributed by atoms with Crippen molar-refractivity contribution >= 4 is 29.0 Å². The topological polar surface area (TPSA) is 42.3 Å². The van der Waals surface area contributed by atoms with Gasteiger partial charge >= 0.3 is 0 Å². The summed E-state index contributed by atoms with van der Waals surface area (Å²) >= 11 is 1.01. The van der Waals surface area contributed by atoms with Crippen molar-refractivity contribution in [3.8, 4) is 5.69 Å². The van der Waals surface area contributed by atoms with Gasteiger partial charge in [-0.25, -0.2) is 0 Å². The van der Waals surface area contributed by atoms with Gasteiger partial charge in [0.15, 0.2) is 0 Å². The number of rotatable bonds is 3. The third-order valence-corrected chi connectivity index (χ3v) is 4.59. The first kappa shape index (κ1) is 15.6. The fourth-order valence-electron chi connectivity index (χ4n) is 2.62. The minimum absolute atomic E-state index is 0.121. The molecule has 0 aliphatic carbocycles. The molecule has 0 bridgehead atoms. The van der Waals surface area contributed by atoms with E-state index in [-0.39, 0.29) is 17.2 Å². The lowest BCUT2D eigenvalue weighted by atomic mass is 10.2. The van der Waals surface area contributed by atoms with Gasteiger partial charge in [-0.1, -0.05) is 18.2 Å². The second-order valence-corrected chi connectivity index (χ2v) is 6.76. The van der Waals surface area contributed by atoms with Crippen LogP contribution in [0.15, 0.2) is 47.5 Å². The number of nitrogens with zero attached hydrogens (tertiary/aromatic N) is 2. The minimum atomic E-state index is -0.208. The maximum absolute atomic E-state index is 12.3. The maximum atomic E-state index is 12.3. The Hall–Kier alpha value is -2.27. The highest BCUT2D eigenvalue weighted by molar-refractivity contribution is 8.18. The van der Waals surface area contributed by atoms with E-state index in [1.165, 1.54) is 4.90 Å². The van der Waals surface area contributed by atoms with Crippen LogP contribution in [0.1, 0.15) is 25.1 Å². The Labute approximate surface area is 139 Å². The standard InChI is InChI=1S/C18H18N2O2S/c1-12(2)20-17(21)16(23-18(20)22)10-14-9-13(3)19(11-14)15-7-5-4-6-8-15/h4-12H,1-3H3/b16-10+. The van der Waals surface area contributed by atoms with E-state index in [1.54, 1.807) is 6.08 Å². The SMILES string of the molecule is Cc1cc(/C=C2/SC(=O)N(C(C)C)C2=O)cn1-c1ccccc1. The number of hydrogen-bond acceptors (Lipinski definition) is 3. The van der Waals surface area contributed by atoms with E-state index in [9.17, 15) is 9.59 Å². The lowest BCUT2D eigenvalue weighted by molar-refractivity contribution is -0.123. The Morgan fingerprint density at radius 1 is 1.13 bits per heavy atom. The van der Waals surface area contributed by atoms with Gasteiger partial charge in [0.25, 0.3) is 11.1 Å². The van der Waals surface area contributed by atoms with E-state index in [0.717, 1.165) is 28.7 Å². The van der Waals surface area contributed by atoms with Crippen LogP contribution < -0.4 is 0 Å². The van der Waals surface area contributed by atoms with Gasteiger partial charge in [0, 0.05) is 23.6 Å². The minimum Gasteiger partial charge on any atom is -0.321 e. The quantitative estimate of drug-likeness (QED) is 0.793. The number of para-hydroxylation sites is 1. The molecule has 0 unspecified atom stereocenters. The highest BCUT2D eigenvalue weighted by Crippen LogP contribution is 2.33. The molecule has 0 saturated carbocycles. The summed E-state index contributed by atoms with van der Waals surface area (Å²) in [6.45, 7) is 5.70. The van der Waals surface area contributed by atoms with Crippen LogP contribution in [0.5, 0.6) is 0 Å². The van der Waals surface area contributed by atoms with E-state index >= 15 is 0 Å². The van der Waals surface area contributed by atoms with Crippen molar-refractivity contribution in [3.05, 3.63) is 58.8 Å². The summed E-state index contributed by atoms with van der Waals surface area (Å²) in [6, 6.07) is 11.9. The van der Waals surface area contributed by atoms with Crippen LogP contribution in [0, 0.1) is 6.92 Å². The molecule has 1 aliphatic rings. The Balaban J connectivity index is 1.93. The number of amides is 2. The molecule has 118 valence electrons. The Morgan fingerprint density at radius 3 is 2.43 bits per heavy atom. The molecule has 2 amide bonds. The van der Waals surface area contributed by atoms with E-state index in [4.69, 9.17) is 0 Å². The van der Waals surface area contributed by atoms with E-state index in [1.807, 2.05) is 63.4 Å². The van der Waals surface area contributed by atoms with Gasteiger partial charge in [-0.15, -0.1) is 0 Å². The summed E-state index contributed by atoms with van der Waals surface area (Å²) < 4.78 is 2.07. The zero-order chi connectivity index (χ0) is 16.6. The lowest BCUT2D eigenvalue weighted by Gasteiger charge is -2.16. The summed E-state index contributed by atoms with van der Waals surface area (Å²) in [5.74, 6) is -0.208. The van der Waals surface area contributed by atoms with Gasteiger partial charge in [-0.3, -0.25) is 14.5 Å². The van der Waals surface area contributed by atoms with E-state index < -0.39 is 0 Å². The third kappa shape index (κ3) is 2.97. The van der Waals surface area contributed by atoms with Crippen LogP contribution >= 0.6 is 11.8 Å². The average Bonchev–Trinajstić information content (AvgIpc) is 3.00. The molecular weight excluding hydrogens is 308 g/mol. The first-order valence-corrected chi connectivity index (χ1v) is 8.30. The molecule has 2 aromatic rings. The van der Waals surface area contributed by atoms with Gasteiger partial charge in [-0.2, -0.15) is 0 Å². The number of carbonyl (C=O) groups is 2. The number of imide groups is 1. The normalized spacial score (nSPS) is 16.9. The van der Waals surface area contributed by atoms with Gasteiger partial charge in [0.2, 0.25) is 0 Å². The van der Waals surface area contributed by atoms with Gasteiger partial charge in [0.05, 0.1) is 4.91 Å². The molecule has 0 atom stereocenters. The molecule has 1 fully saturated rings. The zero-order valence-corrected chi connectivity index (χ0v) is 14.1. The Bertz CT molecular complexity index is 791. The smallest absolute Gasteiger partial charge is 0.293 e. The van der Waals surface area contributed by atoms with Crippen molar-refractivity contribution in [1.82, 2.24) is 9.47 Å². The van der Waals surface area contributed by atoms with Crippen LogP contribution in [0.4, 0.5) is 4.79 Å². The molecule has 0 N–H and O–H groups in total. The monoisotopic (exact) mass is 326 g/mol. The summed E-state index contributed by atoms with van der Waals surface area (Å²) in [4.78, 5) is 26.1. The van der Waals surface area contributed by atoms with Crippen molar-refractivity contribution in [1.29, 1.82) is 0 Å². The summed E-state index contributed by atoms with van der Waals surface area (Å²) in [6.07, 6.45) is 3.77. The van der Waals surface area contributed by atoms with Crippen LogP contribution in [-0.2, 0) is 4.79 Å². The zero-order valence-electron chi connectivity index (χ0n) is 13.3. The molecule has 3 rings (SSSR count). The molecule has 5 heteroatoms. The van der Waals surface area contributed by atoms with Crippen LogP contribution in [0.3, 0.4) is 0 Å². The maximum Gasteiger partial charge on any atom is 0.293 e. The highest BCUT2D eigenvalue weighted by atomic mass is 32.2. The molecule has 0 spiro atoms. The summed E-state index contributed by atoms with van der Waals surface area (Å²) in [5.41, 5.74) is 3.06. The second-order valence-electron chi connectivity index (χ2n) is 5.77. The number of hydrogen-bond donors (Lipinski definition) is 0. The van der Waals surface area contributed by atoms with Gasteiger partial charge in [0.1, 0.15) is 0 Å². The molecule has 1 aromatic carbocycles. The summed E-state index contributed by atoms with van der Waals surface area (Å²) in [7, 11) is 0. The van der Waals surface area contributed by atoms with Gasteiger partial charge < -0.3 is 4.57 Å². The fraction of sp³-hybridized carbons (Fsp3) is 0.222. The summed E-state index contributed by atoms with van der Waals surface area (Å²) in [5, 5.41) is -0.199. The first-order chi connectivity index (χ1) is 11.0. The highest BCUT2D eigenvalue weighted by Gasteiger charge is 2.36. The lowest BCUT2D eigenvalue weighted by Crippen LogP contribution is -2.34. The average molecular weight is 326 g/mol. The number of benzene rings is 1. The molecule has 1 aliphatic heterocycles. The number of carbonyl (C=O) groups excluding carboxylic acids is 2. The molecular formula is C18H18N2O2S. The van der Waals surface area contributed by atoms with Crippen LogP contribution in [0.25, 0.3) is 11.8 Å². The number of thioether (sulfide) groups is 1. The fourth-order valence-corrected chi connectivity index (χ4v) is 3.58. The van der Waals surface area contributed by atoms with Crippen LogP contribution in [0.2, 0.25) is 0 Å². The third-order valence-electron chi connectivity index (χ3n) is 3.71. The van der Waals surface area contributed by atoms with Crippen molar-refractivity contribution < 1.29 is 9.59 Å². The molecule has 23 heavy (non-hydrogen) atoms. The van der Waals surface area contributed by atoms with E-state index in [2.05, 4.69) is 4.57 Å². The molecule has 4 nitrogen and oxygen atoms in total. The van der Waals surface area contributed by atoms with Crippen molar-refractivity contribution in [2.75, 3.05) is 0 Å². The largest absolute Gasteiger partial charge is 0.321 e.